The minimum atomic E-state index is 0.178. The van der Waals surface area contributed by atoms with Crippen LogP contribution < -0.4 is 14.8 Å². The first-order valence-corrected chi connectivity index (χ1v) is 6.85. The molecular weight excluding hydrogens is 306 g/mol. The maximum absolute atomic E-state index is 5.83. The zero-order valence-corrected chi connectivity index (χ0v) is 13.0. The van der Waals surface area contributed by atoms with Gasteiger partial charge < -0.3 is 14.8 Å². The van der Waals surface area contributed by atoms with Gasteiger partial charge in [-0.3, -0.25) is 0 Å². The molecule has 0 saturated heterocycles. The summed E-state index contributed by atoms with van der Waals surface area (Å²) in [6, 6.07) is 5.52. The van der Waals surface area contributed by atoms with Gasteiger partial charge in [0.15, 0.2) is 11.5 Å². The van der Waals surface area contributed by atoms with E-state index in [1.807, 2.05) is 18.2 Å². The van der Waals surface area contributed by atoms with Crippen LogP contribution in [0.15, 0.2) is 24.4 Å². The van der Waals surface area contributed by atoms with Crippen LogP contribution in [0.3, 0.4) is 0 Å². The fourth-order valence-corrected chi connectivity index (χ4v) is 2.33. The van der Waals surface area contributed by atoms with Crippen LogP contribution >= 0.6 is 11.6 Å². The van der Waals surface area contributed by atoms with Crippen LogP contribution in [-0.2, 0) is 7.05 Å². The SMILES string of the molecule is COc1cccc(OC)c1Nc1nn(C)c2nc(Cl)ncc12. The molecule has 0 atom stereocenters. The molecular formula is C14H14ClN5O2. The molecule has 22 heavy (non-hydrogen) atoms. The van der Waals surface area contributed by atoms with E-state index in [2.05, 4.69) is 20.4 Å². The van der Waals surface area contributed by atoms with Crippen LogP contribution in [0.25, 0.3) is 11.0 Å². The Morgan fingerprint density at radius 3 is 2.50 bits per heavy atom. The van der Waals surface area contributed by atoms with Gasteiger partial charge in [-0.25, -0.2) is 9.67 Å². The lowest BCUT2D eigenvalue weighted by molar-refractivity contribution is 0.398. The molecule has 0 saturated carbocycles. The van der Waals surface area contributed by atoms with Crippen molar-refractivity contribution in [3.63, 3.8) is 0 Å². The van der Waals surface area contributed by atoms with E-state index < -0.39 is 0 Å². The maximum Gasteiger partial charge on any atom is 0.224 e. The van der Waals surface area contributed by atoms with Crippen molar-refractivity contribution in [3.8, 4) is 11.5 Å². The third kappa shape index (κ3) is 2.39. The highest BCUT2D eigenvalue weighted by Crippen LogP contribution is 2.37. The largest absolute Gasteiger partial charge is 0.494 e. The Morgan fingerprint density at radius 2 is 1.86 bits per heavy atom. The number of ether oxygens (including phenoxy) is 2. The van der Waals surface area contributed by atoms with Crippen molar-refractivity contribution in [1.29, 1.82) is 0 Å². The second kappa shape index (κ2) is 5.69. The normalized spacial score (nSPS) is 10.7. The number of benzene rings is 1. The van der Waals surface area contributed by atoms with Gasteiger partial charge >= 0.3 is 0 Å². The molecule has 7 nitrogen and oxygen atoms in total. The Labute approximate surface area is 131 Å². The molecule has 1 N–H and O–H groups in total. The number of hydrogen-bond donors (Lipinski definition) is 1. The Balaban J connectivity index is 2.11. The number of hydrogen-bond acceptors (Lipinski definition) is 6. The van der Waals surface area contributed by atoms with Gasteiger partial charge in [0.25, 0.3) is 0 Å². The molecule has 0 aliphatic heterocycles. The van der Waals surface area contributed by atoms with E-state index in [4.69, 9.17) is 21.1 Å². The van der Waals surface area contributed by atoms with Crippen molar-refractivity contribution in [2.45, 2.75) is 0 Å². The predicted molar refractivity (Wildman–Crippen MR) is 84.1 cm³/mol. The molecule has 2 aromatic heterocycles. The summed E-state index contributed by atoms with van der Waals surface area (Å²) in [5, 5.41) is 8.56. The molecule has 8 heteroatoms. The van der Waals surface area contributed by atoms with Crippen molar-refractivity contribution in [3.05, 3.63) is 29.7 Å². The topological polar surface area (TPSA) is 74.1 Å². The number of para-hydroxylation sites is 1. The second-order valence-electron chi connectivity index (χ2n) is 4.51. The third-order valence-electron chi connectivity index (χ3n) is 3.22. The number of aromatic nitrogens is 4. The molecule has 0 aliphatic carbocycles. The molecule has 0 bridgehead atoms. The summed E-state index contributed by atoms with van der Waals surface area (Å²) in [7, 11) is 4.98. The molecule has 0 amide bonds. The Morgan fingerprint density at radius 1 is 1.18 bits per heavy atom. The second-order valence-corrected chi connectivity index (χ2v) is 4.85. The highest BCUT2D eigenvalue weighted by molar-refractivity contribution is 6.28. The summed E-state index contributed by atoms with van der Waals surface area (Å²) < 4.78 is 12.4. The molecule has 2 heterocycles. The maximum atomic E-state index is 5.83. The van der Waals surface area contributed by atoms with Gasteiger partial charge in [-0.2, -0.15) is 10.1 Å². The van der Waals surface area contributed by atoms with Gasteiger partial charge in [0.2, 0.25) is 5.28 Å². The van der Waals surface area contributed by atoms with Crippen LogP contribution in [0.4, 0.5) is 11.5 Å². The average molecular weight is 320 g/mol. The smallest absolute Gasteiger partial charge is 0.224 e. The summed E-state index contributed by atoms with van der Waals surface area (Å²) in [5.41, 5.74) is 1.32. The molecule has 0 spiro atoms. The summed E-state index contributed by atoms with van der Waals surface area (Å²) in [4.78, 5) is 8.18. The lowest BCUT2D eigenvalue weighted by Crippen LogP contribution is -1.99. The van der Waals surface area contributed by atoms with E-state index in [0.29, 0.717) is 28.7 Å². The Bertz CT molecular complexity index is 811. The number of methoxy groups -OCH3 is 2. The summed E-state index contributed by atoms with van der Waals surface area (Å²) in [6.07, 6.45) is 1.63. The van der Waals surface area contributed by atoms with E-state index in [0.717, 1.165) is 5.39 Å². The quantitative estimate of drug-likeness (QED) is 0.745. The first-order chi connectivity index (χ1) is 10.6. The standard InChI is InChI=1S/C14H14ClN5O2/c1-20-13-8(7-16-14(15)18-13)12(19-20)17-11-9(21-2)5-4-6-10(11)22-3/h4-7H,1-3H3,(H,17,19). The summed E-state index contributed by atoms with van der Waals surface area (Å²) in [5.74, 6) is 1.89. The zero-order chi connectivity index (χ0) is 15.7. The first-order valence-electron chi connectivity index (χ1n) is 6.47. The summed E-state index contributed by atoms with van der Waals surface area (Å²) in [6.45, 7) is 0. The number of nitrogens with one attached hydrogen (secondary N) is 1. The molecule has 3 aromatic rings. The van der Waals surface area contributed by atoms with Gasteiger partial charge in [-0.15, -0.1) is 0 Å². The first kappa shape index (κ1) is 14.4. The van der Waals surface area contributed by atoms with E-state index >= 15 is 0 Å². The van der Waals surface area contributed by atoms with Crippen molar-refractivity contribution >= 4 is 34.1 Å². The zero-order valence-electron chi connectivity index (χ0n) is 12.3. The number of halogens is 1. The molecule has 0 fully saturated rings. The lowest BCUT2D eigenvalue weighted by atomic mass is 10.2. The van der Waals surface area contributed by atoms with Gasteiger partial charge in [0.05, 0.1) is 19.6 Å². The van der Waals surface area contributed by atoms with Crippen LogP contribution in [0.2, 0.25) is 5.28 Å². The van der Waals surface area contributed by atoms with Gasteiger partial charge in [0, 0.05) is 13.2 Å². The molecule has 0 radical (unpaired) electrons. The van der Waals surface area contributed by atoms with Crippen molar-refractivity contribution in [2.24, 2.45) is 7.05 Å². The molecule has 114 valence electrons. The van der Waals surface area contributed by atoms with Gasteiger partial charge in [-0.1, -0.05) is 6.07 Å². The third-order valence-corrected chi connectivity index (χ3v) is 3.40. The van der Waals surface area contributed by atoms with E-state index in [-0.39, 0.29) is 5.28 Å². The molecule has 1 aromatic carbocycles. The molecule has 0 unspecified atom stereocenters. The fourth-order valence-electron chi connectivity index (χ4n) is 2.20. The van der Waals surface area contributed by atoms with Crippen molar-refractivity contribution < 1.29 is 9.47 Å². The van der Waals surface area contributed by atoms with Crippen molar-refractivity contribution in [2.75, 3.05) is 19.5 Å². The average Bonchev–Trinajstić information content (AvgIpc) is 2.83. The highest BCUT2D eigenvalue weighted by atomic mass is 35.5. The van der Waals surface area contributed by atoms with Crippen LogP contribution in [0.5, 0.6) is 11.5 Å². The highest BCUT2D eigenvalue weighted by Gasteiger charge is 2.16. The monoisotopic (exact) mass is 319 g/mol. The van der Waals surface area contributed by atoms with E-state index in [1.165, 1.54) is 0 Å². The molecule has 0 aliphatic rings. The number of aryl methyl sites for hydroxylation is 1. The van der Waals surface area contributed by atoms with Crippen LogP contribution in [0, 0.1) is 0 Å². The van der Waals surface area contributed by atoms with Gasteiger partial charge in [-0.05, 0) is 23.7 Å². The Hall–Kier alpha value is -2.54. The van der Waals surface area contributed by atoms with Crippen LogP contribution in [0.1, 0.15) is 0 Å². The Kier molecular flexibility index (Phi) is 3.72. The number of rotatable bonds is 4. The number of anilines is 2. The number of nitrogens with zero attached hydrogens (tertiary/aromatic N) is 4. The fraction of sp³-hybridized carbons (Fsp3) is 0.214. The molecule has 3 rings (SSSR count). The van der Waals surface area contributed by atoms with Crippen molar-refractivity contribution in [1.82, 2.24) is 19.7 Å². The van der Waals surface area contributed by atoms with E-state index in [9.17, 15) is 0 Å². The van der Waals surface area contributed by atoms with Crippen LogP contribution in [-0.4, -0.2) is 34.0 Å². The minimum absolute atomic E-state index is 0.178. The minimum Gasteiger partial charge on any atom is -0.494 e. The van der Waals surface area contributed by atoms with Gasteiger partial charge in [0.1, 0.15) is 17.2 Å². The predicted octanol–water partition coefficient (Wildman–Crippen LogP) is 2.78. The summed E-state index contributed by atoms with van der Waals surface area (Å²) >= 11 is 5.83. The lowest BCUT2D eigenvalue weighted by Gasteiger charge is -2.13. The van der Waals surface area contributed by atoms with E-state index in [1.54, 1.807) is 32.1 Å². The number of fused-ring (bicyclic) bond motifs is 1.